The molecule has 4 heteroatoms. The summed E-state index contributed by atoms with van der Waals surface area (Å²) in [5, 5.41) is 9.23. The lowest BCUT2D eigenvalue weighted by Gasteiger charge is -2.24. The lowest BCUT2D eigenvalue weighted by atomic mass is 9.93. The number of hydrogen-bond acceptors (Lipinski definition) is 4. The van der Waals surface area contributed by atoms with Gasteiger partial charge in [-0.25, -0.2) is 0 Å². The number of hydrogen-bond donors (Lipinski definition) is 1. The number of methoxy groups -OCH3 is 2. The van der Waals surface area contributed by atoms with Gasteiger partial charge in [0.2, 0.25) is 0 Å². The summed E-state index contributed by atoms with van der Waals surface area (Å²) in [5.41, 5.74) is 2.17. The van der Waals surface area contributed by atoms with Gasteiger partial charge in [-0.1, -0.05) is 12.5 Å². The minimum absolute atomic E-state index is 0.0730. The van der Waals surface area contributed by atoms with E-state index in [0.29, 0.717) is 6.61 Å². The Bertz CT molecular complexity index is 482. The van der Waals surface area contributed by atoms with Crippen LogP contribution in [0.4, 0.5) is 0 Å². The third kappa shape index (κ3) is 4.14. The van der Waals surface area contributed by atoms with Gasteiger partial charge in [0.15, 0.2) is 11.5 Å². The molecule has 1 aromatic rings. The van der Waals surface area contributed by atoms with Crippen LogP contribution in [0.25, 0.3) is 0 Å². The zero-order valence-electron chi connectivity index (χ0n) is 12.8. The monoisotopic (exact) mass is 292 g/mol. The molecule has 0 bridgehead atoms. The van der Waals surface area contributed by atoms with Crippen molar-refractivity contribution in [1.29, 1.82) is 0 Å². The van der Waals surface area contributed by atoms with Crippen molar-refractivity contribution in [3.05, 3.63) is 35.6 Å². The van der Waals surface area contributed by atoms with Crippen LogP contribution in [0.5, 0.6) is 11.5 Å². The molecule has 1 aliphatic carbocycles. The molecule has 1 fully saturated rings. The maximum Gasteiger partial charge on any atom is 0.160 e. The van der Waals surface area contributed by atoms with Gasteiger partial charge in [-0.3, -0.25) is 0 Å². The van der Waals surface area contributed by atoms with E-state index < -0.39 is 0 Å². The Morgan fingerprint density at radius 3 is 2.71 bits per heavy atom. The minimum atomic E-state index is 0.0730. The van der Waals surface area contributed by atoms with E-state index in [2.05, 4.69) is 0 Å². The Hall–Kier alpha value is -1.68. The topological polar surface area (TPSA) is 47.9 Å². The standard InChI is InChI=1S/C17H24O4/c1-19-16-8-7-13(11-17(16)20-2)9-10-21-15-6-4-3-5-14(15)12-18/h7-8,11-12,15,18H,3-6,9-10H2,1-2H3/b14-12-/t15-/m0/s1. The first-order valence-electron chi connectivity index (χ1n) is 7.44. The van der Waals surface area contributed by atoms with Gasteiger partial charge < -0.3 is 19.3 Å². The highest BCUT2D eigenvalue weighted by Gasteiger charge is 2.19. The second kappa shape index (κ2) is 7.93. The first-order chi connectivity index (χ1) is 10.3. The third-order valence-corrected chi connectivity index (χ3v) is 3.92. The van der Waals surface area contributed by atoms with Crippen LogP contribution in [0.15, 0.2) is 30.0 Å². The predicted octanol–water partition coefficient (Wildman–Crippen LogP) is 3.65. The largest absolute Gasteiger partial charge is 0.516 e. The Balaban J connectivity index is 1.88. The lowest BCUT2D eigenvalue weighted by Crippen LogP contribution is -2.21. The average molecular weight is 292 g/mol. The molecule has 2 rings (SSSR count). The number of benzene rings is 1. The Labute approximate surface area is 126 Å². The highest BCUT2D eigenvalue weighted by molar-refractivity contribution is 5.42. The van der Waals surface area contributed by atoms with Crippen molar-refractivity contribution in [1.82, 2.24) is 0 Å². The molecule has 0 aromatic heterocycles. The molecule has 0 saturated heterocycles. The minimum Gasteiger partial charge on any atom is -0.516 e. The molecule has 21 heavy (non-hydrogen) atoms. The molecule has 0 amide bonds. The number of aliphatic hydroxyl groups is 1. The van der Waals surface area contributed by atoms with Crippen LogP contribution < -0.4 is 9.47 Å². The summed E-state index contributed by atoms with van der Waals surface area (Å²) in [6.07, 6.45) is 6.36. The van der Waals surface area contributed by atoms with E-state index in [1.165, 1.54) is 12.7 Å². The van der Waals surface area contributed by atoms with Crippen LogP contribution >= 0.6 is 0 Å². The zero-order valence-corrected chi connectivity index (χ0v) is 12.8. The first-order valence-corrected chi connectivity index (χ1v) is 7.44. The number of ether oxygens (including phenoxy) is 3. The molecule has 1 N–H and O–H groups in total. The number of aliphatic hydroxyl groups excluding tert-OH is 1. The van der Waals surface area contributed by atoms with Crippen LogP contribution in [-0.4, -0.2) is 32.0 Å². The average Bonchev–Trinajstić information content (AvgIpc) is 2.55. The van der Waals surface area contributed by atoms with E-state index in [1.807, 2.05) is 18.2 Å². The van der Waals surface area contributed by atoms with Crippen molar-refractivity contribution in [3.63, 3.8) is 0 Å². The van der Waals surface area contributed by atoms with Crippen molar-refractivity contribution in [2.24, 2.45) is 0 Å². The zero-order chi connectivity index (χ0) is 15.1. The SMILES string of the molecule is COc1ccc(CCO[C@H]2CCCC/C2=C/O)cc1OC. The third-order valence-electron chi connectivity index (χ3n) is 3.92. The molecule has 4 nitrogen and oxygen atoms in total. The summed E-state index contributed by atoms with van der Waals surface area (Å²) in [4.78, 5) is 0. The van der Waals surface area contributed by atoms with Crippen LogP contribution in [0, 0.1) is 0 Å². The van der Waals surface area contributed by atoms with Gasteiger partial charge in [0.25, 0.3) is 0 Å². The Kier molecular flexibility index (Phi) is 5.93. The smallest absolute Gasteiger partial charge is 0.160 e. The second-order valence-corrected chi connectivity index (χ2v) is 5.25. The van der Waals surface area contributed by atoms with Gasteiger partial charge in [0.1, 0.15) is 0 Å². The molecule has 0 radical (unpaired) electrons. The Morgan fingerprint density at radius 2 is 2.00 bits per heavy atom. The molecular weight excluding hydrogens is 268 g/mol. The van der Waals surface area contributed by atoms with Gasteiger partial charge in [0, 0.05) is 0 Å². The van der Waals surface area contributed by atoms with Gasteiger partial charge in [-0.15, -0.1) is 0 Å². The molecule has 1 aromatic carbocycles. The van der Waals surface area contributed by atoms with Gasteiger partial charge in [-0.2, -0.15) is 0 Å². The molecule has 0 heterocycles. The van der Waals surface area contributed by atoms with E-state index in [0.717, 1.165) is 48.3 Å². The molecule has 1 aliphatic rings. The van der Waals surface area contributed by atoms with Gasteiger partial charge >= 0.3 is 0 Å². The van der Waals surface area contributed by atoms with Crippen LogP contribution in [0.3, 0.4) is 0 Å². The summed E-state index contributed by atoms with van der Waals surface area (Å²) < 4.78 is 16.4. The molecule has 1 saturated carbocycles. The highest BCUT2D eigenvalue weighted by atomic mass is 16.5. The second-order valence-electron chi connectivity index (χ2n) is 5.25. The molecule has 1 atom stereocenters. The molecular formula is C17H24O4. The fraction of sp³-hybridized carbons (Fsp3) is 0.529. The summed E-state index contributed by atoms with van der Waals surface area (Å²) in [7, 11) is 3.27. The molecule has 0 aliphatic heterocycles. The van der Waals surface area contributed by atoms with Crippen molar-refractivity contribution in [3.8, 4) is 11.5 Å². The van der Waals surface area contributed by atoms with Gasteiger partial charge in [-0.05, 0) is 49.0 Å². The maximum atomic E-state index is 9.23. The molecule has 116 valence electrons. The van der Waals surface area contributed by atoms with Crippen LogP contribution in [0.1, 0.15) is 31.2 Å². The highest BCUT2D eigenvalue weighted by Crippen LogP contribution is 2.28. The lowest BCUT2D eigenvalue weighted by molar-refractivity contribution is 0.0607. The maximum absolute atomic E-state index is 9.23. The first kappa shape index (κ1) is 15.7. The quantitative estimate of drug-likeness (QED) is 0.813. The van der Waals surface area contributed by atoms with E-state index >= 15 is 0 Å². The van der Waals surface area contributed by atoms with Crippen molar-refractivity contribution >= 4 is 0 Å². The van der Waals surface area contributed by atoms with Crippen molar-refractivity contribution < 1.29 is 19.3 Å². The fourth-order valence-corrected chi connectivity index (χ4v) is 2.70. The van der Waals surface area contributed by atoms with Crippen molar-refractivity contribution in [2.45, 2.75) is 38.2 Å². The van der Waals surface area contributed by atoms with E-state index in [1.54, 1.807) is 14.2 Å². The molecule has 0 unspecified atom stereocenters. The number of rotatable bonds is 6. The molecule has 0 spiro atoms. The summed E-state index contributed by atoms with van der Waals surface area (Å²) >= 11 is 0. The van der Waals surface area contributed by atoms with Crippen LogP contribution in [-0.2, 0) is 11.2 Å². The summed E-state index contributed by atoms with van der Waals surface area (Å²) in [5.74, 6) is 1.48. The van der Waals surface area contributed by atoms with E-state index in [9.17, 15) is 5.11 Å². The van der Waals surface area contributed by atoms with E-state index in [-0.39, 0.29) is 6.10 Å². The summed E-state index contributed by atoms with van der Waals surface area (Å²) in [6.45, 7) is 0.636. The van der Waals surface area contributed by atoms with Crippen molar-refractivity contribution in [2.75, 3.05) is 20.8 Å². The van der Waals surface area contributed by atoms with Crippen LogP contribution in [0.2, 0.25) is 0 Å². The summed E-state index contributed by atoms with van der Waals surface area (Å²) in [6, 6.07) is 5.91. The Morgan fingerprint density at radius 1 is 1.19 bits per heavy atom. The predicted molar refractivity (Wildman–Crippen MR) is 82.2 cm³/mol. The van der Waals surface area contributed by atoms with E-state index in [4.69, 9.17) is 14.2 Å². The fourth-order valence-electron chi connectivity index (χ4n) is 2.70. The normalized spacial score (nSPS) is 20.5. The van der Waals surface area contributed by atoms with Gasteiger partial charge in [0.05, 0.1) is 33.2 Å².